The molecule has 0 amide bonds. The van der Waals surface area contributed by atoms with Crippen molar-refractivity contribution in [1.82, 2.24) is 14.5 Å². The fraction of sp³-hybridized carbons (Fsp3) is 0.375. The number of aromatic nitrogens is 3. The molecule has 1 atom stereocenters. The molecule has 3 nitrogen and oxygen atoms in total. The normalized spacial score (nSPS) is 12.9. The summed E-state index contributed by atoms with van der Waals surface area (Å²) in [5, 5.41) is 2.12. The van der Waals surface area contributed by atoms with E-state index in [1.807, 2.05) is 19.1 Å². The zero-order chi connectivity index (χ0) is 14.8. The standard InChI is InChI=1S/C16H18ClN3S/c1-11-5-6-14-16(18-11)20(15(19-14)7-8-17)12(2)10-13-4-3-9-21-13/h3-6,9,12H,7-8,10H2,1-2H3. The van der Waals surface area contributed by atoms with Gasteiger partial charge in [-0.25, -0.2) is 9.97 Å². The van der Waals surface area contributed by atoms with Crippen molar-refractivity contribution in [3.63, 3.8) is 0 Å². The van der Waals surface area contributed by atoms with Gasteiger partial charge in [0.1, 0.15) is 11.3 Å². The van der Waals surface area contributed by atoms with Crippen LogP contribution in [0.25, 0.3) is 11.2 Å². The number of hydrogen-bond acceptors (Lipinski definition) is 3. The summed E-state index contributed by atoms with van der Waals surface area (Å²) in [5.74, 6) is 1.61. The van der Waals surface area contributed by atoms with Gasteiger partial charge in [-0.1, -0.05) is 6.07 Å². The second-order valence-corrected chi connectivity index (χ2v) is 6.68. The zero-order valence-electron chi connectivity index (χ0n) is 12.2. The number of hydrogen-bond donors (Lipinski definition) is 0. The van der Waals surface area contributed by atoms with Crippen LogP contribution in [0.2, 0.25) is 0 Å². The monoisotopic (exact) mass is 319 g/mol. The molecule has 0 aliphatic carbocycles. The summed E-state index contributed by atoms with van der Waals surface area (Å²) in [6.07, 6.45) is 1.76. The van der Waals surface area contributed by atoms with Crippen molar-refractivity contribution in [2.45, 2.75) is 32.7 Å². The van der Waals surface area contributed by atoms with E-state index in [1.54, 1.807) is 11.3 Å². The van der Waals surface area contributed by atoms with Gasteiger partial charge in [0.05, 0.1) is 0 Å². The van der Waals surface area contributed by atoms with E-state index in [2.05, 4.69) is 34.0 Å². The van der Waals surface area contributed by atoms with Gasteiger partial charge in [0.2, 0.25) is 0 Å². The number of aryl methyl sites for hydroxylation is 2. The van der Waals surface area contributed by atoms with Crippen LogP contribution >= 0.6 is 22.9 Å². The molecule has 3 aromatic rings. The molecule has 5 heteroatoms. The summed E-state index contributed by atoms with van der Waals surface area (Å²) in [5.41, 5.74) is 2.95. The number of halogens is 1. The highest BCUT2D eigenvalue weighted by Crippen LogP contribution is 2.25. The summed E-state index contributed by atoms with van der Waals surface area (Å²) in [7, 11) is 0. The molecule has 0 aliphatic rings. The van der Waals surface area contributed by atoms with Crippen LogP contribution in [0.4, 0.5) is 0 Å². The predicted molar refractivity (Wildman–Crippen MR) is 89.4 cm³/mol. The number of pyridine rings is 1. The number of nitrogens with zero attached hydrogens (tertiary/aromatic N) is 3. The smallest absolute Gasteiger partial charge is 0.160 e. The molecule has 0 spiro atoms. The minimum Gasteiger partial charge on any atom is -0.309 e. The van der Waals surface area contributed by atoms with Gasteiger partial charge in [0.25, 0.3) is 0 Å². The molecule has 3 rings (SSSR count). The number of imidazole rings is 1. The van der Waals surface area contributed by atoms with Gasteiger partial charge < -0.3 is 4.57 Å². The summed E-state index contributed by atoms with van der Waals surface area (Å²) >= 11 is 7.74. The summed E-state index contributed by atoms with van der Waals surface area (Å²) in [4.78, 5) is 10.8. The number of rotatable bonds is 5. The number of thiophene rings is 1. The Hall–Kier alpha value is -1.39. The van der Waals surface area contributed by atoms with E-state index in [9.17, 15) is 0 Å². The third-order valence-electron chi connectivity index (χ3n) is 3.59. The number of alkyl halides is 1. The Labute approximate surface area is 133 Å². The summed E-state index contributed by atoms with van der Waals surface area (Å²) in [6.45, 7) is 4.24. The maximum absolute atomic E-state index is 5.94. The van der Waals surface area contributed by atoms with Crippen LogP contribution in [0.3, 0.4) is 0 Å². The third kappa shape index (κ3) is 2.97. The highest BCUT2D eigenvalue weighted by atomic mass is 35.5. The van der Waals surface area contributed by atoms with Gasteiger partial charge in [0, 0.05) is 35.3 Å². The van der Waals surface area contributed by atoms with E-state index in [1.165, 1.54) is 4.88 Å². The van der Waals surface area contributed by atoms with Gasteiger partial charge in [-0.2, -0.15) is 0 Å². The fourth-order valence-electron chi connectivity index (χ4n) is 2.65. The average Bonchev–Trinajstić information content (AvgIpc) is 3.06. The molecule has 21 heavy (non-hydrogen) atoms. The highest BCUT2D eigenvalue weighted by Gasteiger charge is 2.17. The Morgan fingerprint density at radius 2 is 2.14 bits per heavy atom. The molecule has 0 bridgehead atoms. The lowest BCUT2D eigenvalue weighted by molar-refractivity contribution is 0.537. The molecule has 0 aromatic carbocycles. The first kappa shape index (κ1) is 14.5. The van der Waals surface area contributed by atoms with Crippen LogP contribution in [-0.2, 0) is 12.8 Å². The summed E-state index contributed by atoms with van der Waals surface area (Å²) in [6, 6.07) is 8.65. The van der Waals surface area contributed by atoms with E-state index < -0.39 is 0 Å². The number of fused-ring (bicyclic) bond motifs is 1. The van der Waals surface area contributed by atoms with Gasteiger partial charge in [-0.3, -0.25) is 0 Å². The molecule has 0 saturated heterocycles. The first-order chi connectivity index (χ1) is 10.2. The first-order valence-electron chi connectivity index (χ1n) is 7.12. The van der Waals surface area contributed by atoms with Crippen molar-refractivity contribution in [3.8, 4) is 0 Å². The predicted octanol–water partition coefficient (Wildman–Crippen LogP) is 4.39. The minimum absolute atomic E-state index is 0.321. The van der Waals surface area contributed by atoms with Crippen LogP contribution < -0.4 is 0 Å². The van der Waals surface area contributed by atoms with Crippen molar-refractivity contribution in [2.75, 3.05) is 5.88 Å². The lowest BCUT2D eigenvalue weighted by Crippen LogP contribution is -2.12. The zero-order valence-corrected chi connectivity index (χ0v) is 13.8. The van der Waals surface area contributed by atoms with Crippen molar-refractivity contribution in [1.29, 1.82) is 0 Å². The molecular weight excluding hydrogens is 302 g/mol. The molecule has 0 saturated carbocycles. The topological polar surface area (TPSA) is 30.7 Å². The molecule has 3 aromatic heterocycles. The second kappa shape index (κ2) is 6.16. The Bertz CT molecular complexity index is 733. The van der Waals surface area contributed by atoms with E-state index in [4.69, 9.17) is 16.6 Å². The van der Waals surface area contributed by atoms with Crippen LogP contribution in [0.5, 0.6) is 0 Å². The molecule has 0 fully saturated rings. The molecule has 1 unspecified atom stereocenters. The van der Waals surface area contributed by atoms with Crippen LogP contribution in [0.15, 0.2) is 29.6 Å². The van der Waals surface area contributed by atoms with Crippen LogP contribution in [0.1, 0.15) is 29.4 Å². The molecular formula is C16H18ClN3S. The van der Waals surface area contributed by atoms with Crippen molar-refractivity contribution in [3.05, 3.63) is 46.0 Å². The van der Waals surface area contributed by atoms with Crippen molar-refractivity contribution in [2.24, 2.45) is 0 Å². The second-order valence-electron chi connectivity index (χ2n) is 5.26. The van der Waals surface area contributed by atoms with Gasteiger partial charge in [-0.05, 0) is 37.4 Å². The van der Waals surface area contributed by atoms with E-state index in [0.717, 1.165) is 35.5 Å². The quantitative estimate of drug-likeness (QED) is 0.653. The largest absolute Gasteiger partial charge is 0.309 e. The van der Waals surface area contributed by atoms with E-state index in [0.29, 0.717) is 11.9 Å². The first-order valence-corrected chi connectivity index (χ1v) is 8.53. The Morgan fingerprint density at radius 1 is 1.29 bits per heavy atom. The summed E-state index contributed by atoms with van der Waals surface area (Å²) < 4.78 is 2.25. The van der Waals surface area contributed by atoms with Crippen molar-refractivity contribution >= 4 is 34.1 Å². The van der Waals surface area contributed by atoms with Crippen molar-refractivity contribution < 1.29 is 0 Å². The molecule has 0 N–H and O–H groups in total. The molecule has 110 valence electrons. The fourth-order valence-corrected chi connectivity index (χ4v) is 3.65. The lowest BCUT2D eigenvalue weighted by Gasteiger charge is -2.16. The highest BCUT2D eigenvalue weighted by molar-refractivity contribution is 7.09. The lowest BCUT2D eigenvalue weighted by atomic mass is 10.2. The maximum Gasteiger partial charge on any atom is 0.160 e. The minimum atomic E-state index is 0.321. The van der Waals surface area contributed by atoms with E-state index >= 15 is 0 Å². The Morgan fingerprint density at radius 3 is 2.86 bits per heavy atom. The van der Waals surface area contributed by atoms with Crippen LogP contribution in [0, 0.1) is 6.92 Å². The molecule has 0 aliphatic heterocycles. The third-order valence-corrected chi connectivity index (χ3v) is 4.67. The van der Waals surface area contributed by atoms with Gasteiger partial charge in [0.15, 0.2) is 5.65 Å². The molecule has 0 radical (unpaired) electrons. The van der Waals surface area contributed by atoms with Gasteiger partial charge in [-0.15, -0.1) is 22.9 Å². The maximum atomic E-state index is 5.94. The molecule has 3 heterocycles. The Kier molecular flexibility index (Phi) is 4.27. The SMILES string of the molecule is Cc1ccc2nc(CCCl)n(C(C)Cc3cccs3)c2n1. The van der Waals surface area contributed by atoms with E-state index in [-0.39, 0.29) is 0 Å². The average molecular weight is 320 g/mol. The Balaban J connectivity index is 2.05. The van der Waals surface area contributed by atoms with Gasteiger partial charge >= 0.3 is 0 Å². The van der Waals surface area contributed by atoms with Crippen LogP contribution in [-0.4, -0.2) is 20.4 Å².